The van der Waals surface area contributed by atoms with Crippen LogP contribution in [0.5, 0.6) is 0 Å². The molecule has 0 aliphatic rings. The monoisotopic (exact) mass is 492 g/mol. The molecule has 6 nitrogen and oxygen atoms in total. The van der Waals surface area contributed by atoms with Gasteiger partial charge in [-0.25, -0.2) is 13.1 Å². The van der Waals surface area contributed by atoms with Crippen molar-refractivity contribution in [1.29, 1.82) is 0 Å². The molecule has 0 aromatic heterocycles. The van der Waals surface area contributed by atoms with E-state index >= 15 is 0 Å². The highest BCUT2D eigenvalue weighted by molar-refractivity contribution is 7.89. The summed E-state index contributed by atoms with van der Waals surface area (Å²) in [4.78, 5) is 12.4. The van der Waals surface area contributed by atoms with Crippen molar-refractivity contribution in [3.8, 4) is 0 Å². The van der Waals surface area contributed by atoms with Crippen LogP contribution < -0.4 is 10.0 Å². The molecule has 0 fully saturated rings. The van der Waals surface area contributed by atoms with Gasteiger partial charge in [-0.1, -0.05) is 48.5 Å². The number of amides is 1. The lowest BCUT2D eigenvalue weighted by Crippen LogP contribution is -2.29. The van der Waals surface area contributed by atoms with Gasteiger partial charge in [0.2, 0.25) is 10.0 Å². The number of sulfonamides is 1. The Morgan fingerprint density at radius 1 is 0.941 bits per heavy atom. The van der Waals surface area contributed by atoms with Crippen LogP contribution in [0.25, 0.3) is 0 Å². The summed E-state index contributed by atoms with van der Waals surface area (Å²) in [5.74, 6) is -0.681. The summed E-state index contributed by atoms with van der Waals surface area (Å²) in [6.07, 6.45) is -5.94. The summed E-state index contributed by atoms with van der Waals surface area (Å²) in [5, 5.41) is 12.6. The molecule has 0 radical (unpaired) electrons. The van der Waals surface area contributed by atoms with Crippen LogP contribution in [0.15, 0.2) is 83.8 Å². The molecule has 10 heteroatoms. The predicted octanol–water partition coefficient (Wildman–Crippen LogP) is 4.21. The number of rotatable bonds is 8. The molecular weight excluding hydrogens is 469 g/mol. The lowest BCUT2D eigenvalue weighted by Gasteiger charge is -2.16. The first kappa shape index (κ1) is 25.4. The summed E-state index contributed by atoms with van der Waals surface area (Å²) in [6, 6.07) is 18.0. The van der Waals surface area contributed by atoms with Gasteiger partial charge < -0.3 is 10.4 Å². The van der Waals surface area contributed by atoms with Gasteiger partial charge in [0.15, 0.2) is 0 Å². The molecule has 1 amide bonds. The molecule has 3 aromatic carbocycles. The maximum Gasteiger partial charge on any atom is 0.416 e. The Kier molecular flexibility index (Phi) is 7.75. The van der Waals surface area contributed by atoms with Crippen molar-refractivity contribution in [3.05, 3.63) is 101 Å². The quantitative estimate of drug-likeness (QED) is 0.439. The zero-order valence-electron chi connectivity index (χ0n) is 18.1. The number of carbonyl (C=O) groups excluding carboxylic acids is 1. The minimum atomic E-state index is -4.56. The lowest BCUT2D eigenvalue weighted by atomic mass is 10.1. The number of aliphatic hydroxyl groups is 1. The molecule has 34 heavy (non-hydrogen) atoms. The van der Waals surface area contributed by atoms with Crippen molar-refractivity contribution in [1.82, 2.24) is 10.0 Å². The van der Waals surface area contributed by atoms with Gasteiger partial charge in [0.1, 0.15) is 0 Å². The topological polar surface area (TPSA) is 95.5 Å². The van der Waals surface area contributed by atoms with Crippen molar-refractivity contribution >= 4 is 15.9 Å². The van der Waals surface area contributed by atoms with Crippen LogP contribution in [0.4, 0.5) is 13.2 Å². The number of carbonyl (C=O) groups is 1. The maximum atomic E-state index is 12.9. The van der Waals surface area contributed by atoms with E-state index in [-0.39, 0.29) is 22.6 Å². The van der Waals surface area contributed by atoms with Crippen LogP contribution in [0.2, 0.25) is 0 Å². The van der Waals surface area contributed by atoms with Crippen molar-refractivity contribution in [2.75, 3.05) is 6.54 Å². The zero-order chi connectivity index (χ0) is 24.9. The van der Waals surface area contributed by atoms with Crippen LogP contribution in [0.3, 0.4) is 0 Å². The molecule has 0 aliphatic heterocycles. The molecule has 3 N–H and O–H groups in total. The Bertz CT molecular complexity index is 1250. The maximum absolute atomic E-state index is 12.9. The van der Waals surface area contributed by atoms with Gasteiger partial charge in [0, 0.05) is 18.2 Å². The predicted molar refractivity (Wildman–Crippen MR) is 120 cm³/mol. The fourth-order valence-electron chi connectivity index (χ4n) is 3.25. The number of benzene rings is 3. The molecule has 0 saturated heterocycles. The van der Waals surface area contributed by atoms with Crippen LogP contribution in [-0.2, 0) is 16.2 Å². The van der Waals surface area contributed by atoms with Crippen molar-refractivity contribution in [2.45, 2.75) is 30.1 Å². The molecule has 2 unspecified atom stereocenters. The van der Waals surface area contributed by atoms with Crippen LogP contribution in [0.1, 0.15) is 46.1 Å². The smallest absolute Gasteiger partial charge is 0.387 e. The summed E-state index contributed by atoms with van der Waals surface area (Å²) in [7, 11) is -3.94. The summed E-state index contributed by atoms with van der Waals surface area (Å²) in [6.45, 7) is 1.33. The number of hydrogen-bond acceptors (Lipinski definition) is 4. The number of halogens is 3. The Morgan fingerprint density at radius 3 is 2.26 bits per heavy atom. The fraction of sp³-hybridized carbons (Fsp3) is 0.208. The van der Waals surface area contributed by atoms with Gasteiger partial charge in [-0.15, -0.1) is 0 Å². The van der Waals surface area contributed by atoms with Gasteiger partial charge in [-0.2, -0.15) is 13.2 Å². The molecule has 0 bridgehead atoms. The number of alkyl halides is 3. The van der Waals surface area contributed by atoms with Crippen LogP contribution in [-0.4, -0.2) is 26.0 Å². The van der Waals surface area contributed by atoms with E-state index in [0.717, 1.165) is 17.7 Å². The zero-order valence-corrected chi connectivity index (χ0v) is 18.9. The van der Waals surface area contributed by atoms with Gasteiger partial charge in [-0.3, -0.25) is 4.79 Å². The third-order valence-electron chi connectivity index (χ3n) is 5.09. The van der Waals surface area contributed by atoms with Gasteiger partial charge >= 0.3 is 6.18 Å². The number of hydrogen-bond donors (Lipinski definition) is 3. The van der Waals surface area contributed by atoms with Crippen molar-refractivity contribution in [3.63, 3.8) is 0 Å². The second kappa shape index (κ2) is 10.4. The largest absolute Gasteiger partial charge is 0.416 e. The van der Waals surface area contributed by atoms with E-state index < -0.39 is 39.8 Å². The normalized spacial score (nSPS) is 13.8. The highest BCUT2D eigenvalue weighted by atomic mass is 32.2. The van der Waals surface area contributed by atoms with Crippen molar-refractivity contribution < 1.29 is 31.5 Å². The average Bonchev–Trinajstić information content (AvgIpc) is 2.82. The molecule has 0 spiro atoms. The third kappa shape index (κ3) is 6.43. The Balaban J connectivity index is 1.67. The molecule has 3 aromatic rings. The first-order valence-electron chi connectivity index (χ1n) is 10.3. The van der Waals surface area contributed by atoms with E-state index in [1.54, 1.807) is 31.2 Å². The second-order valence-corrected chi connectivity index (χ2v) is 9.34. The number of nitrogens with one attached hydrogen (secondary N) is 2. The summed E-state index contributed by atoms with van der Waals surface area (Å²) < 4.78 is 66.7. The molecule has 2 atom stereocenters. The first-order valence-corrected chi connectivity index (χ1v) is 11.8. The summed E-state index contributed by atoms with van der Waals surface area (Å²) in [5.41, 5.74) is -0.133. The van der Waals surface area contributed by atoms with Gasteiger partial charge in [0.05, 0.1) is 16.6 Å². The van der Waals surface area contributed by atoms with E-state index in [0.29, 0.717) is 0 Å². The van der Waals surface area contributed by atoms with Gasteiger partial charge in [0.25, 0.3) is 5.91 Å². The molecule has 0 aliphatic carbocycles. The van der Waals surface area contributed by atoms with E-state index in [9.17, 15) is 31.5 Å². The van der Waals surface area contributed by atoms with E-state index in [2.05, 4.69) is 10.0 Å². The molecule has 0 saturated carbocycles. The van der Waals surface area contributed by atoms with Crippen molar-refractivity contribution in [2.24, 2.45) is 0 Å². The van der Waals surface area contributed by atoms with Crippen LogP contribution >= 0.6 is 0 Å². The fourth-order valence-corrected chi connectivity index (χ4v) is 4.52. The standard InChI is InChI=1S/C24H23F3N2O4S/c1-16(17-7-3-2-4-8-17)29-34(32,33)21-12-6-10-19(14-21)23(31)28-15-22(30)18-9-5-11-20(13-18)24(25,26)27/h2-14,16,22,29-30H,15H2,1H3,(H,28,31). The third-order valence-corrected chi connectivity index (χ3v) is 6.63. The summed E-state index contributed by atoms with van der Waals surface area (Å²) >= 11 is 0. The highest BCUT2D eigenvalue weighted by Crippen LogP contribution is 2.30. The van der Waals surface area contributed by atoms with Crippen LogP contribution in [0, 0.1) is 0 Å². The highest BCUT2D eigenvalue weighted by Gasteiger charge is 2.31. The Labute approximate surface area is 195 Å². The molecule has 3 rings (SSSR count). The average molecular weight is 493 g/mol. The SMILES string of the molecule is CC(NS(=O)(=O)c1cccc(C(=O)NCC(O)c2cccc(C(F)(F)F)c2)c1)c1ccccc1. The number of aliphatic hydroxyl groups excluding tert-OH is 1. The van der Waals surface area contributed by atoms with E-state index in [4.69, 9.17) is 0 Å². The molecular formula is C24H23F3N2O4S. The second-order valence-electron chi connectivity index (χ2n) is 7.63. The minimum Gasteiger partial charge on any atom is -0.387 e. The molecule has 180 valence electrons. The Hall–Kier alpha value is -3.21. The van der Waals surface area contributed by atoms with Gasteiger partial charge in [-0.05, 0) is 48.4 Å². The minimum absolute atomic E-state index is 0.00875. The van der Waals surface area contributed by atoms with E-state index in [1.807, 2.05) is 6.07 Å². The first-order chi connectivity index (χ1) is 16.0. The Morgan fingerprint density at radius 2 is 1.59 bits per heavy atom. The van der Waals surface area contributed by atoms with E-state index in [1.165, 1.54) is 36.4 Å². The molecule has 0 heterocycles. The lowest BCUT2D eigenvalue weighted by molar-refractivity contribution is -0.137.